The van der Waals surface area contributed by atoms with E-state index >= 15 is 0 Å². The largest absolute Gasteiger partial charge is 0.488 e. The van der Waals surface area contributed by atoms with Gasteiger partial charge in [0.2, 0.25) is 12.6 Å². The van der Waals surface area contributed by atoms with Gasteiger partial charge in [-0.05, 0) is 62.4 Å². The van der Waals surface area contributed by atoms with E-state index in [4.69, 9.17) is 28.4 Å². The first-order valence-electron chi connectivity index (χ1n) is 16.0. The van der Waals surface area contributed by atoms with Crippen LogP contribution in [0.4, 0.5) is 0 Å². The minimum atomic E-state index is -0.696. The number of hydrogen-bond donors (Lipinski definition) is 0. The van der Waals surface area contributed by atoms with Gasteiger partial charge >= 0.3 is 0 Å². The van der Waals surface area contributed by atoms with E-state index in [9.17, 15) is 0 Å². The lowest BCUT2D eigenvalue weighted by atomic mass is 10.00. The fourth-order valence-corrected chi connectivity index (χ4v) is 6.32. The van der Waals surface area contributed by atoms with E-state index in [1.807, 2.05) is 103 Å². The Morgan fingerprint density at radius 2 is 0.936 bits per heavy atom. The zero-order chi connectivity index (χ0) is 32.3. The number of halogens is 1. The van der Waals surface area contributed by atoms with Crippen molar-refractivity contribution in [1.82, 2.24) is 0 Å². The second-order valence-electron chi connectivity index (χ2n) is 11.3. The summed E-state index contributed by atoms with van der Waals surface area (Å²) < 4.78 is 39.2. The maximum Gasteiger partial charge on any atom is 0.212 e. The quantitative estimate of drug-likeness (QED) is 0.0999. The summed E-state index contributed by atoms with van der Waals surface area (Å²) in [5.41, 5.74) is 6.45. The Morgan fingerprint density at radius 1 is 0.532 bits per heavy atom. The van der Waals surface area contributed by atoms with Gasteiger partial charge in [-0.2, -0.15) is 0 Å². The molecule has 47 heavy (non-hydrogen) atoms. The predicted octanol–water partition coefficient (Wildman–Crippen LogP) is 9.01. The third-order valence-corrected chi connectivity index (χ3v) is 9.09. The summed E-state index contributed by atoms with van der Waals surface area (Å²) in [5.74, 6) is 1.55. The Bertz CT molecular complexity index is 1620. The number of hydrogen-bond acceptors (Lipinski definition) is 6. The summed E-state index contributed by atoms with van der Waals surface area (Å²) in [6.07, 6.45) is -0.747. The zero-order valence-corrected chi connectivity index (χ0v) is 28.6. The van der Waals surface area contributed by atoms with E-state index in [2.05, 4.69) is 53.8 Å². The molecule has 6 rings (SSSR count). The second kappa shape index (κ2) is 16.9. The molecule has 1 aliphatic rings. The van der Waals surface area contributed by atoms with Crippen LogP contribution in [-0.4, -0.2) is 18.9 Å². The molecule has 0 aliphatic carbocycles. The molecule has 1 heterocycles. The molecule has 5 aromatic carbocycles. The van der Waals surface area contributed by atoms with Crippen molar-refractivity contribution in [3.8, 4) is 11.5 Å². The molecule has 0 saturated carbocycles. The summed E-state index contributed by atoms with van der Waals surface area (Å²) in [4.78, 5) is 0. The van der Waals surface area contributed by atoms with Gasteiger partial charge < -0.3 is 28.4 Å². The monoisotopic (exact) mass is 742 g/mol. The van der Waals surface area contributed by atoms with Crippen molar-refractivity contribution < 1.29 is 28.4 Å². The van der Waals surface area contributed by atoms with Gasteiger partial charge in [0.05, 0.1) is 16.8 Å². The molecule has 0 spiro atoms. The highest BCUT2D eigenvalue weighted by Crippen LogP contribution is 2.38. The van der Waals surface area contributed by atoms with Crippen LogP contribution in [0.5, 0.6) is 11.5 Å². The van der Waals surface area contributed by atoms with Crippen molar-refractivity contribution in [1.29, 1.82) is 0 Å². The van der Waals surface area contributed by atoms with Crippen molar-refractivity contribution >= 4 is 22.6 Å². The van der Waals surface area contributed by atoms with Crippen LogP contribution in [0.1, 0.15) is 40.3 Å². The van der Waals surface area contributed by atoms with Gasteiger partial charge in [0, 0.05) is 12.5 Å². The minimum absolute atomic E-state index is 0.380. The van der Waals surface area contributed by atoms with E-state index in [0.29, 0.717) is 32.8 Å². The normalized spacial score (nSPS) is 16.3. The molecule has 0 radical (unpaired) electrons. The van der Waals surface area contributed by atoms with Crippen LogP contribution in [0, 0.1) is 3.57 Å². The Hall–Kier alpha value is -3.73. The molecule has 6 nitrogen and oxygen atoms in total. The molecule has 1 aliphatic heterocycles. The van der Waals surface area contributed by atoms with Gasteiger partial charge in [-0.1, -0.05) is 128 Å². The minimum Gasteiger partial charge on any atom is -0.488 e. The van der Waals surface area contributed by atoms with Gasteiger partial charge in [0.1, 0.15) is 24.7 Å². The van der Waals surface area contributed by atoms with E-state index < -0.39 is 18.9 Å². The fourth-order valence-electron chi connectivity index (χ4n) is 5.47. The summed E-state index contributed by atoms with van der Waals surface area (Å²) in [6.45, 7) is 3.80. The molecular weight excluding hydrogens is 703 g/mol. The molecule has 7 heteroatoms. The molecule has 1 saturated heterocycles. The number of benzene rings is 5. The molecule has 0 unspecified atom stereocenters. The van der Waals surface area contributed by atoms with Crippen molar-refractivity contribution in [2.75, 3.05) is 0 Å². The lowest BCUT2D eigenvalue weighted by Gasteiger charge is -2.21. The molecule has 0 N–H and O–H groups in total. The summed E-state index contributed by atoms with van der Waals surface area (Å²) in [5, 5.41) is 0. The Labute approximate surface area is 290 Å². The van der Waals surface area contributed by atoms with Crippen LogP contribution in [0.3, 0.4) is 0 Å². The molecule has 1 fully saturated rings. The average Bonchev–Trinajstić information content (AvgIpc) is 3.52. The Morgan fingerprint density at radius 3 is 1.36 bits per heavy atom. The maximum absolute atomic E-state index is 6.47. The molecule has 242 valence electrons. The molecule has 0 aromatic heterocycles. The van der Waals surface area contributed by atoms with Crippen molar-refractivity contribution in [3.05, 3.63) is 164 Å². The highest BCUT2D eigenvalue weighted by molar-refractivity contribution is 14.1. The van der Waals surface area contributed by atoms with Crippen LogP contribution in [0.2, 0.25) is 0 Å². The highest BCUT2D eigenvalue weighted by Gasteiger charge is 2.39. The molecule has 2 atom stereocenters. The van der Waals surface area contributed by atoms with Gasteiger partial charge in [0.25, 0.3) is 0 Å². The highest BCUT2D eigenvalue weighted by atomic mass is 127. The van der Waals surface area contributed by atoms with Crippen molar-refractivity contribution in [2.24, 2.45) is 0 Å². The first-order valence-corrected chi connectivity index (χ1v) is 17.0. The predicted molar refractivity (Wildman–Crippen MR) is 190 cm³/mol. The topological polar surface area (TPSA) is 55.4 Å². The van der Waals surface area contributed by atoms with Crippen molar-refractivity contribution in [3.63, 3.8) is 0 Å². The van der Waals surface area contributed by atoms with Gasteiger partial charge in [0.15, 0.2) is 6.29 Å². The number of ether oxygens (including phenoxy) is 6. The molecule has 5 aromatic rings. The van der Waals surface area contributed by atoms with Crippen LogP contribution in [0.15, 0.2) is 127 Å². The SMILES string of the molecule is CCc1c(OCc2ccccc2)cc(OCc2ccccc2)c(I)c1CC1O[C@@H](OCc2ccccc2)[C@H](OCc2ccccc2)O1. The smallest absolute Gasteiger partial charge is 0.212 e. The fraction of sp³-hybridized carbons (Fsp3) is 0.250. The number of rotatable bonds is 15. The summed E-state index contributed by atoms with van der Waals surface area (Å²) in [6, 6.07) is 42.4. The third kappa shape index (κ3) is 9.21. The van der Waals surface area contributed by atoms with Crippen LogP contribution < -0.4 is 9.47 Å². The van der Waals surface area contributed by atoms with Gasteiger partial charge in [-0.15, -0.1) is 0 Å². The maximum atomic E-state index is 6.47. The van der Waals surface area contributed by atoms with E-state index in [1.54, 1.807) is 0 Å². The van der Waals surface area contributed by atoms with E-state index in [-0.39, 0.29) is 0 Å². The van der Waals surface area contributed by atoms with Crippen LogP contribution >= 0.6 is 22.6 Å². The standard InChI is InChI=1S/C40H39IO6/c1-2-33-34(38(41)36(43-26-30-17-9-4-10-18-30)24-35(33)42-25-29-15-7-3-8-16-29)23-37-46-39(44-27-31-19-11-5-12-20-31)40(47-37)45-28-32-21-13-6-14-22-32/h3-22,24,37,39-40H,2,23,25-28H2,1H3/t39-,40-/m1/s1. The van der Waals surface area contributed by atoms with E-state index in [0.717, 1.165) is 54.9 Å². The second-order valence-corrected chi connectivity index (χ2v) is 12.4. The lowest BCUT2D eigenvalue weighted by Crippen LogP contribution is -2.28. The van der Waals surface area contributed by atoms with Crippen LogP contribution in [0.25, 0.3) is 0 Å². The Balaban J connectivity index is 1.24. The Kier molecular flexibility index (Phi) is 11.9. The first-order chi connectivity index (χ1) is 23.2. The summed E-state index contributed by atoms with van der Waals surface area (Å²) in [7, 11) is 0. The van der Waals surface area contributed by atoms with E-state index in [1.165, 1.54) is 0 Å². The van der Waals surface area contributed by atoms with Crippen molar-refractivity contribution in [2.45, 2.75) is 65.1 Å². The molecule has 0 bridgehead atoms. The summed E-state index contributed by atoms with van der Waals surface area (Å²) >= 11 is 2.38. The van der Waals surface area contributed by atoms with Gasteiger partial charge in [-0.3, -0.25) is 0 Å². The average molecular weight is 743 g/mol. The first kappa shape index (κ1) is 33.2. The lowest BCUT2D eigenvalue weighted by molar-refractivity contribution is -0.200. The van der Waals surface area contributed by atoms with Gasteiger partial charge in [-0.25, -0.2) is 0 Å². The molecular formula is C40H39IO6. The van der Waals surface area contributed by atoms with Crippen LogP contribution in [-0.2, 0) is 58.2 Å². The third-order valence-electron chi connectivity index (χ3n) is 7.91. The zero-order valence-electron chi connectivity index (χ0n) is 26.4. The molecule has 0 amide bonds.